The highest BCUT2D eigenvalue weighted by Crippen LogP contribution is 2.18. The van der Waals surface area contributed by atoms with Crippen molar-refractivity contribution in [2.24, 2.45) is 0 Å². The molecule has 0 saturated heterocycles. The fraction of sp³-hybridized carbons (Fsp3) is 0.158. The van der Waals surface area contributed by atoms with E-state index in [-0.39, 0.29) is 5.91 Å². The number of nitrogens with one attached hydrogen (secondary N) is 1. The zero-order valence-corrected chi connectivity index (χ0v) is 14.5. The second kappa shape index (κ2) is 6.96. The van der Waals surface area contributed by atoms with E-state index in [1.54, 1.807) is 30.3 Å². The molecule has 114 valence electrons. The Kier molecular flexibility index (Phi) is 5.01. The van der Waals surface area contributed by atoms with Crippen LogP contribution in [0.15, 0.2) is 48.5 Å². The Hall–Kier alpha value is -2.82. The van der Waals surface area contributed by atoms with Crippen LogP contribution >= 0.6 is 0 Å². The van der Waals surface area contributed by atoms with Crippen molar-refractivity contribution >= 4 is 19.7 Å². The first-order valence-electron chi connectivity index (χ1n) is 7.33. The molecule has 0 aliphatic rings. The summed E-state index contributed by atoms with van der Waals surface area (Å²) < 4.78 is 0. The lowest BCUT2D eigenvalue weighted by Crippen LogP contribution is -2.16. The topological polar surface area (TPSA) is 52.9 Å². The molecule has 1 N–H and O–H groups in total. The van der Waals surface area contributed by atoms with Crippen LogP contribution < -0.4 is 5.32 Å². The number of nitrogens with zero attached hydrogens (tertiary/aromatic N) is 1. The van der Waals surface area contributed by atoms with Crippen molar-refractivity contribution in [3.63, 3.8) is 0 Å². The first-order chi connectivity index (χ1) is 10.9. The number of hydrogen-bond donors (Lipinski definition) is 1. The number of anilines is 1. The molecule has 0 atom stereocenters. The third kappa shape index (κ3) is 4.84. The van der Waals surface area contributed by atoms with Crippen LogP contribution in [0.2, 0.25) is 19.6 Å². The predicted octanol–water partition coefficient (Wildman–Crippen LogP) is 4.04. The number of benzene rings is 2. The van der Waals surface area contributed by atoms with Crippen LogP contribution in [0.4, 0.5) is 5.69 Å². The second-order valence-corrected chi connectivity index (χ2v) is 10.9. The summed E-state index contributed by atoms with van der Waals surface area (Å²) in [7, 11) is -1.55. The molecule has 2 aromatic carbocycles. The molecule has 0 unspecified atom stereocenters. The molecule has 0 spiro atoms. The largest absolute Gasteiger partial charge is 0.321 e. The lowest BCUT2D eigenvalue weighted by molar-refractivity contribution is 0.102. The fourth-order valence-corrected chi connectivity index (χ4v) is 2.37. The van der Waals surface area contributed by atoms with Crippen LogP contribution in [0.3, 0.4) is 0 Å². The number of hydrogen-bond acceptors (Lipinski definition) is 2. The molecular formula is C19H18N2OSi. The highest BCUT2D eigenvalue weighted by Gasteiger charge is 2.11. The molecule has 0 aliphatic carbocycles. The minimum Gasteiger partial charge on any atom is -0.321 e. The van der Waals surface area contributed by atoms with Gasteiger partial charge in [-0.05, 0) is 30.3 Å². The van der Waals surface area contributed by atoms with Crippen molar-refractivity contribution in [1.29, 1.82) is 5.26 Å². The van der Waals surface area contributed by atoms with E-state index >= 15 is 0 Å². The molecule has 0 fully saturated rings. The highest BCUT2D eigenvalue weighted by molar-refractivity contribution is 6.83. The average Bonchev–Trinajstić information content (AvgIpc) is 2.54. The van der Waals surface area contributed by atoms with Crippen molar-refractivity contribution in [3.8, 4) is 17.5 Å². The van der Waals surface area contributed by atoms with E-state index in [0.29, 0.717) is 22.4 Å². The molecule has 2 rings (SSSR count). The first-order valence-corrected chi connectivity index (χ1v) is 10.8. The molecule has 1 amide bonds. The van der Waals surface area contributed by atoms with E-state index < -0.39 is 8.07 Å². The molecule has 2 aromatic rings. The van der Waals surface area contributed by atoms with Gasteiger partial charge in [0.05, 0.1) is 17.3 Å². The maximum Gasteiger partial charge on any atom is 0.255 e. The summed E-state index contributed by atoms with van der Waals surface area (Å²) in [6, 6.07) is 16.2. The number of amides is 1. The van der Waals surface area contributed by atoms with Crippen molar-refractivity contribution in [1.82, 2.24) is 0 Å². The van der Waals surface area contributed by atoms with Crippen LogP contribution in [-0.4, -0.2) is 14.0 Å². The van der Waals surface area contributed by atoms with Crippen LogP contribution in [-0.2, 0) is 0 Å². The molecule has 0 bridgehead atoms. The maximum atomic E-state index is 12.3. The third-order valence-electron chi connectivity index (χ3n) is 3.01. The Morgan fingerprint density at radius 2 is 1.78 bits per heavy atom. The second-order valence-electron chi connectivity index (χ2n) is 6.19. The molecule has 0 aliphatic heterocycles. The van der Waals surface area contributed by atoms with E-state index in [2.05, 4.69) is 42.5 Å². The Balaban J connectivity index is 2.36. The normalized spacial score (nSPS) is 10.2. The van der Waals surface area contributed by atoms with Crippen LogP contribution in [0.25, 0.3) is 0 Å². The van der Waals surface area contributed by atoms with Gasteiger partial charge >= 0.3 is 0 Å². The number of carbonyl (C=O) groups is 1. The van der Waals surface area contributed by atoms with Gasteiger partial charge in [-0.1, -0.05) is 43.8 Å². The van der Waals surface area contributed by atoms with Gasteiger partial charge in [0.15, 0.2) is 0 Å². The van der Waals surface area contributed by atoms with Crippen molar-refractivity contribution in [2.75, 3.05) is 5.32 Å². The molecule has 0 radical (unpaired) electrons. The van der Waals surface area contributed by atoms with Crippen molar-refractivity contribution < 1.29 is 4.79 Å². The summed E-state index contributed by atoms with van der Waals surface area (Å²) in [5, 5.41) is 11.9. The van der Waals surface area contributed by atoms with Gasteiger partial charge in [0.1, 0.15) is 8.07 Å². The maximum absolute atomic E-state index is 12.3. The van der Waals surface area contributed by atoms with E-state index in [4.69, 9.17) is 5.26 Å². The summed E-state index contributed by atoms with van der Waals surface area (Å²) in [5.41, 5.74) is 5.69. The van der Waals surface area contributed by atoms with Gasteiger partial charge in [-0.2, -0.15) is 5.26 Å². The summed E-state index contributed by atoms with van der Waals surface area (Å²) in [6.45, 7) is 6.45. The number of nitriles is 1. The molecule has 0 aromatic heterocycles. The monoisotopic (exact) mass is 318 g/mol. The quantitative estimate of drug-likeness (QED) is 0.671. The zero-order chi connectivity index (χ0) is 16.9. The van der Waals surface area contributed by atoms with Gasteiger partial charge in [-0.3, -0.25) is 4.79 Å². The minimum atomic E-state index is -1.55. The van der Waals surface area contributed by atoms with Crippen molar-refractivity contribution in [2.45, 2.75) is 19.6 Å². The zero-order valence-electron chi connectivity index (χ0n) is 13.5. The van der Waals surface area contributed by atoms with E-state index in [0.717, 1.165) is 0 Å². The lowest BCUT2D eigenvalue weighted by atomic mass is 10.1. The smallest absolute Gasteiger partial charge is 0.255 e. The van der Waals surface area contributed by atoms with Gasteiger partial charge in [-0.25, -0.2) is 0 Å². The Labute approximate surface area is 138 Å². The third-order valence-corrected chi connectivity index (χ3v) is 3.88. The first kappa shape index (κ1) is 16.5. The van der Waals surface area contributed by atoms with Gasteiger partial charge < -0.3 is 5.32 Å². The number of rotatable bonds is 2. The fourth-order valence-electron chi connectivity index (χ4n) is 1.87. The summed E-state index contributed by atoms with van der Waals surface area (Å²) in [5.74, 6) is 2.94. The van der Waals surface area contributed by atoms with Crippen molar-refractivity contribution in [3.05, 3.63) is 65.2 Å². The molecule has 0 saturated carbocycles. The molecule has 3 nitrogen and oxygen atoms in total. The van der Waals surface area contributed by atoms with Gasteiger partial charge in [0.25, 0.3) is 5.91 Å². The van der Waals surface area contributed by atoms with Crippen LogP contribution in [0.5, 0.6) is 0 Å². The average molecular weight is 318 g/mol. The summed E-state index contributed by atoms with van der Waals surface area (Å²) in [6.07, 6.45) is 0. The van der Waals surface area contributed by atoms with E-state index in [1.807, 2.05) is 18.2 Å². The Bertz CT molecular complexity index is 818. The minimum absolute atomic E-state index is 0.189. The lowest BCUT2D eigenvalue weighted by Gasteiger charge is -2.09. The van der Waals surface area contributed by atoms with Crippen LogP contribution in [0, 0.1) is 22.8 Å². The standard InChI is InChI=1S/C19H18N2OSi/c1-23(2,3)12-11-17-13-15(14-20)9-10-18(17)21-19(22)16-7-5-4-6-8-16/h4-10,13H,1-3H3,(H,21,22). The predicted molar refractivity (Wildman–Crippen MR) is 95.8 cm³/mol. The van der Waals surface area contributed by atoms with Crippen LogP contribution in [0.1, 0.15) is 21.5 Å². The van der Waals surface area contributed by atoms with E-state index in [1.165, 1.54) is 0 Å². The summed E-state index contributed by atoms with van der Waals surface area (Å²) in [4.78, 5) is 12.3. The molecular weight excluding hydrogens is 300 g/mol. The van der Waals surface area contributed by atoms with Gasteiger partial charge in [0, 0.05) is 11.1 Å². The van der Waals surface area contributed by atoms with Gasteiger partial charge in [0.2, 0.25) is 0 Å². The molecule has 0 heterocycles. The molecule has 4 heteroatoms. The highest BCUT2D eigenvalue weighted by atomic mass is 28.3. The SMILES string of the molecule is C[Si](C)(C)C#Cc1cc(C#N)ccc1NC(=O)c1ccccc1. The Morgan fingerprint density at radius 1 is 1.09 bits per heavy atom. The van der Waals surface area contributed by atoms with Gasteiger partial charge in [-0.15, -0.1) is 5.54 Å². The molecule has 23 heavy (non-hydrogen) atoms. The summed E-state index contributed by atoms with van der Waals surface area (Å²) >= 11 is 0. The number of carbonyl (C=O) groups excluding carboxylic acids is 1. The Morgan fingerprint density at radius 3 is 2.39 bits per heavy atom. The van der Waals surface area contributed by atoms with E-state index in [9.17, 15) is 4.79 Å².